The van der Waals surface area contributed by atoms with Crippen molar-refractivity contribution in [3.63, 3.8) is 0 Å². The number of piperazine rings is 1. The van der Waals surface area contributed by atoms with Gasteiger partial charge in [-0.1, -0.05) is 17.7 Å². The van der Waals surface area contributed by atoms with E-state index in [0.29, 0.717) is 12.6 Å². The maximum absolute atomic E-state index is 11.9. The number of hydrogen-bond donors (Lipinski definition) is 1. The molecule has 90 valence electrons. The molecule has 0 aliphatic carbocycles. The maximum Gasteiger partial charge on any atom is 0.243 e. The molecule has 1 aromatic carbocycles. The van der Waals surface area contributed by atoms with Crippen LogP contribution in [-0.4, -0.2) is 24.5 Å². The first-order valence-electron chi connectivity index (χ1n) is 5.93. The van der Waals surface area contributed by atoms with Gasteiger partial charge in [0.05, 0.1) is 0 Å². The van der Waals surface area contributed by atoms with Crippen LogP contribution < -0.4 is 10.2 Å². The molecule has 0 unspecified atom stereocenters. The van der Waals surface area contributed by atoms with Gasteiger partial charge in [0.1, 0.15) is 6.04 Å². The molecule has 3 nitrogen and oxygen atoms in total. The fraction of sp³-hybridized carbons (Fsp3) is 0.462. The predicted octanol–water partition coefficient (Wildman–Crippen LogP) is 1.90. The van der Waals surface area contributed by atoms with Crippen molar-refractivity contribution in [2.75, 3.05) is 11.4 Å². The number of carbonyl (C=O) groups is 1. The molecule has 1 saturated heterocycles. The number of benzene rings is 1. The Morgan fingerprint density at radius 1 is 1.47 bits per heavy atom. The van der Waals surface area contributed by atoms with E-state index in [-0.39, 0.29) is 11.9 Å². The molecule has 0 aromatic heterocycles. The Morgan fingerprint density at radius 2 is 2.24 bits per heavy atom. The molecule has 2 heterocycles. The van der Waals surface area contributed by atoms with Gasteiger partial charge < -0.3 is 10.2 Å². The quantitative estimate of drug-likeness (QED) is 0.763. The van der Waals surface area contributed by atoms with E-state index in [1.807, 2.05) is 19.1 Å². The predicted molar refractivity (Wildman–Crippen MR) is 68.6 cm³/mol. The largest absolute Gasteiger partial charge is 0.354 e. The lowest BCUT2D eigenvalue weighted by Crippen LogP contribution is -2.58. The SMILES string of the molecule is Cc1c(Cl)ccc2c1N1[C@H](C)CNC(=O)[C@@H]1C2. The van der Waals surface area contributed by atoms with Gasteiger partial charge in [-0.3, -0.25) is 4.79 Å². The van der Waals surface area contributed by atoms with Crippen molar-refractivity contribution >= 4 is 23.2 Å². The highest BCUT2D eigenvalue weighted by molar-refractivity contribution is 6.31. The van der Waals surface area contributed by atoms with Crippen molar-refractivity contribution in [3.05, 3.63) is 28.3 Å². The molecule has 0 spiro atoms. The summed E-state index contributed by atoms with van der Waals surface area (Å²) in [5.74, 6) is 0.134. The molecule has 0 saturated carbocycles. The number of nitrogens with zero attached hydrogens (tertiary/aromatic N) is 1. The normalized spacial score (nSPS) is 26.5. The summed E-state index contributed by atoms with van der Waals surface area (Å²) in [4.78, 5) is 14.1. The first-order valence-corrected chi connectivity index (χ1v) is 6.31. The molecular formula is C13H15ClN2O. The number of anilines is 1. The third kappa shape index (κ3) is 1.45. The number of amides is 1. The van der Waals surface area contributed by atoms with Crippen LogP contribution in [0, 0.1) is 6.92 Å². The topological polar surface area (TPSA) is 32.3 Å². The highest BCUT2D eigenvalue weighted by Gasteiger charge is 2.41. The number of nitrogens with one attached hydrogen (secondary N) is 1. The Hall–Kier alpha value is -1.22. The van der Waals surface area contributed by atoms with Crippen molar-refractivity contribution in [3.8, 4) is 0 Å². The molecule has 1 amide bonds. The van der Waals surface area contributed by atoms with Gasteiger partial charge in [-0.05, 0) is 31.0 Å². The van der Waals surface area contributed by atoms with Crippen LogP contribution in [0.4, 0.5) is 5.69 Å². The molecule has 2 aliphatic heterocycles. The Bertz CT molecular complexity index is 500. The summed E-state index contributed by atoms with van der Waals surface area (Å²) in [6, 6.07) is 4.25. The summed E-state index contributed by atoms with van der Waals surface area (Å²) in [6.45, 7) is 4.88. The fourth-order valence-corrected chi connectivity index (χ4v) is 3.08. The van der Waals surface area contributed by atoms with Crippen molar-refractivity contribution in [1.29, 1.82) is 0 Å². The van der Waals surface area contributed by atoms with E-state index >= 15 is 0 Å². The van der Waals surface area contributed by atoms with E-state index in [4.69, 9.17) is 11.6 Å². The number of rotatable bonds is 0. The second-order valence-corrected chi connectivity index (χ2v) is 5.31. The standard InChI is InChI=1S/C13H15ClN2O/c1-7-6-15-13(17)11-5-9-3-4-10(14)8(2)12(9)16(7)11/h3-4,7,11H,5-6H2,1-2H3,(H,15,17)/t7-,11+/m1/s1. The fourth-order valence-electron chi connectivity index (χ4n) is 2.93. The summed E-state index contributed by atoms with van der Waals surface area (Å²) in [7, 11) is 0. The number of halogens is 1. The van der Waals surface area contributed by atoms with Gasteiger partial charge in [-0.2, -0.15) is 0 Å². The zero-order chi connectivity index (χ0) is 12.2. The summed E-state index contributed by atoms with van der Waals surface area (Å²) in [5.41, 5.74) is 3.50. The van der Waals surface area contributed by atoms with E-state index < -0.39 is 0 Å². The Morgan fingerprint density at radius 3 is 3.00 bits per heavy atom. The number of carbonyl (C=O) groups excluding carboxylic acids is 1. The summed E-state index contributed by atoms with van der Waals surface area (Å²) >= 11 is 6.18. The van der Waals surface area contributed by atoms with Crippen molar-refractivity contribution in [2.24, 2.45) is 0 Å². The van der Waals surface area contributed by atoms with Crippen molar-refractivity contribution in [1.82, 2.24) is 5.32 Å². The van der Waals surface area contributed by atoms with Crippen LogP contribution in [0.1, 0.15) is 18.1 Å². The zero-order valence-electron chi connectivity index (χ0n) is 9.96. The second kappa shape index (κ2) is 3.64. The van der Waals surface area contributed by atoms with E-state index in [0.717, 1.165) is 17.0 Å². The molecule has 3 rings (SSSR count). The molecule has 1 N–H and O–H groups in total. The second-order valence-electron chi connectivity index (χ2n) is 4.90. The minimum absolute atomic E-state index is 0.0501. The van der Waals surface area contributed by atoms with Gasteiger partial charge in [-0.25, -0.2) is 0 Å². The molecule has 4 heteroatoms. The highest BCUT2D eigenvalue weighted by Crippen LogP contribution is 2.40. The van der Waals surface area contributed by atoms with Gasteiger partial charge in [-0.15, -0.1) is 0 Å². The average molecular weight is 251 g/mol. The van der Waals surface area contributed by atoms with Crippen LogP contribution in [0.15, 0.2) is 12.1 Å². The minimum Gasteiger partial charge on any atom is -0.354 e. The molecule has 0 radical (unpaired) electrons. The maximum atomic E-state index is 11.9. The van der Waals surface area contributed by atoms with Crippen LogP contribution in [0.5, 0.6) is 0 Å². The summed E-state index contributed by atoms with van der Waals surface area (Å²) in [5, 5.41) is 3.74. The average Bonchev–Trinajstić information content (AvgIpc) is 2.70. The smallest absolute Gasteiger partial charge is 0.243 e. The molecule has 1 fully saturated rings. The third-order valence-corrected chi connectivity index (χ3v) is 4.21. The van der Waals surface area contributed by atoms with Gasteiger partial charge in [0.2, 0.25) is 5.91 Å². The van der Waals surface area contributed by atoms with Crippen molar-refractivity contribution in [2.45, 2.75) is 32.4 Å². The third-order valence-electron chi connectivity index (χ3n) is 3.80. The van der Waals surface area contributed by atoms with Crippen molar-refractivity contribution < 1.29 is 4.79 Å². The van der Waals surface area contributed by atoms with E-state index in [1.165, 1.54) is 11.3 Å². The first kappa shape index (κ1) is 10.9. The molecule has 1 aromatic rings. The Balaban J connectivity index is 2.14. The van der Waals surface area contributed by atoms with E-state index in [1.54, 1.807) is 0 Å². The summed E-state index contributed by atoms with van der Waals surface area (Å²) in [6.07, 6.45) is 0.795. The van der Waals surface area contributed by atoms with Crippen LogP contribution in [-0.2, 0) is 11.2 Å². The van der Waals surface area contributed by atoms with Gasteiger partial charge in [0, 0.05) is 29.7 Å². The molecule has 0 bridgehead atoms. The highest BCUT2D eigenvalue weighted by atomic mass is 35.5. The molecule has 17 heavy (non-hydrogen) atoms. The zero-order valence-corrected chi connectivity index (χ0v) is 10.7. The molecular weight excluding hydrogens is 236 g/mol. The number of hydrogen-bond acceptors (Lipinski definition) is 2. The van der Waals surface area contributed by atoms with E-state index in [9.17, 15) is 4.79 Å². The molecule has 2 atom stereocenters. The Labute approximate surface area is 106 Å². The first-order chi connectivity index (χ1) is 8.09. The van der Waals surface area contributed by atoms with Crippen LogP contribution in [0.25, 0.3) is 0 Å². The van der Waals surface area contributed by atoms with Crippen LogP contribution in [0.2, 0.25) is 5.02 Å². The lowest BCUT2D eigenvalue weighted by atomic mass is 10.1. The minimum atomic E-state index is -0.0501. The number of fused-ring (bicyclic) bond motifs is 3. The van der Waals surface area contributed by atoms with Crippen LogP contribution in [0.3, 0.4) is 0 Å². The van der Waals surface area contributed by atoms with Gasteiger partial charge in [0.15, 0.2) is 0 Å². The monoisotopic (exact) mass is 250 g/mol. The van der Waals surface area contributed by atoms with Crippen LogP contribution >= 0.6 is 11.6 Å². The van der Waals surface area contributed by atoms with Gasteiger partial charge in [0.25, 0.3) is 0 Å². The molecule has 2 aliphatic rings. The lowest BCUT2D eigenvalue weighted by molar-refractivity contribution is -0.123. The van der Waals surface area contributed by atoms with E-state index in [2.05, 4.69) is 17.1 Å². The lowest BCUT2D eigenvalue weighted by Gasteiger charge is -2.38. The van der Waals surface area contributed by atoms with Gasteiger partial charge >= 0.3 is 0 Å². The Kier molecular flexibility index (Phi) is 2.33. The summed E-state index contributed by atoms with van der Waals surface area (Å²) < 4.78 is 0.